The summed E-state index contributed by atoms with van der Waals surface area (Å²) in [5.74, 6) is 0.355. The van der Waals surface area contributed by atoms with Crippen molar-refractivity contribution >= 4 is 39.9 Å². The number of nitrogens with one attached hydrogen (secondary N) is 1. The Hall–Kier alpha value is -1.73. The van der Waals surface area contributed by atoms with Crippen molar-refractivity contribution in [1.29, 1.82) is 0 Å². The Morgan fingerprint density at radius 2 is 1.96 bits per heavy atom. The van der Waals surface area contributed by atoms with Gasteiger partial charge in [0.05, 0.1) is 5.75 Å². The molecule has 0 fully saturated rings. The zero-order chi connectivity index (χ0) is 18.9. The molecule has 0 atom stereocenters. The molecule has 1 heterocycles. The van der Waals surface area contributed by atoms with Crippen LogP contribution in [0.4, 0.5) is 5.13 Å². The maximum atomic E-state index is 12.4. The summed E-state index contributed by atoms with van der Waals surface area (Å²) in [4.78, 5) is 24.2. The van der Waals surface area contributed by atoms with Crippen molar-refractivity contribution in [1.82, 2.24) is 10.2 Å². The summed E-state index contributed by atoms with van der Waals surface area (Å²) in [6.07, 6.45) is 4.78. The number of amides is 1. The van der Waals surface area contributed by atoms with E-state index in [1.165, 1.54) is 23.1 Å². The molecule has 0 radical (unpaired) electrons. The van der Waals surface area contributed by atoms with Crippen LogP contribution in [-0.2, 0) is 4.79 Å². The predicted molar refractivity (Wildman–Crippen MR) is 108 cm³/mol. The molecule has 0 bridgehead atoms. The van der Waals surface area contributed by atoms with Crippen LogP contribution < -0.4 is 5.32 Å². The van der Waals surface area contributed by atoms with Crippen LogP contribution in [0.5, 0.6) is 0 Å². The smallest absolute Gasteiger partial charge is 0.226 e. The number of anilines is 1. The number of hydrogen-bond acceptors (Lipinski definition) is 6. The fraction of sp³-hybridized carbons (Fsp3) is 0.474. The van der Waals surface area contributed by atoms with Crippen molar-refractivity contribution in [3.63, 3.8) is 0 Å². The van der Waals surface area contributed by atoms with E-state index in [2.05, 4.69) is 22.4 Å². The number of ketones is 1. The van der Waals surface area contributed by atoms with E-state index in [1.54, 1.807) is 0 Å². The van der Waals surface area contributed by atoms with Crippen LogP contribution in [0.2, 0.25) is 0 Å². The van der Waals surface area contributed by atoms with Gasteiger partial charge < -0.3 is 5.32 Å². The first-order valence-corrected chi connectivity index (χ1v) is 10.7. The van der Waals surface area contributed by atoms with Crippen molar-refractivity contribution in [2.45, 2.75) is 57.2 Å². The van der Waals surface area contributed by atoms with E-state index in [9.17, 15) is 9.59 Å². The largest absolute Gasteiger partial charge is 0.301 e. The van der Waals surface area contributed by atoms with Crippen LogP contribution in [0.25, 0.3) is 0 Å². The molecule has 1 amide bonds. The molecule has 1 N–H and O–H groups in total. The zero-order valence-electron chi connectivity index (χ0n) is 15.5. The van der Waals surface area contributed by atoms with Crippen molar-refractivity contribution in [3.05, 3.63) is 34.9 Å². The lowest BCUT2D eigenvalue weighted by molar-refractivity contribution is -0.116. The predicted octanol–water partition coefficient (Wildman–Crippen LogP) is 5.04. The van der Waals surface area contributed by atoms with E-state index in [0.29, 0.717) is 21.6 Å². The van der Waals surface area contributed by atoms with Crippen molar-refractivity contribution < 1.29 is 9.59 Å². The minimum Gasteiger partial charge on any atom is -0.301 e. The first kappa shape index (κ1) is 20.6. The molecule has 0 spiro atoms. The second-order valence-corrected chi connectivity index (χ2v) is 8.46. The van der Waals surface area contributed by atoms with Gasteiger partial charge in [0.1, 0.15) is 0 Å². The number of Topliss-reactive ketones (excluding diaryl/α,β-unsaturated/α-hetero) is 1. The molecule has 0 saturated carbocycles. The molecule has 0 aliphatic carbocycles. The van der Waals surface area contributed by atoms with Crippen LogP contribution in [0, 0.1) is 13.8 Å². The SMILES string of the molecule is CCCCCCC(=O)Nc1nnc(SCC(=O)c2ccc(C)cc2C)s1. The highest BCUT2D eigenvalue weighted by Crippen LogP contribution is 2.26. The Labute approximate surface area is 163 Å². The van der Waals surface area contributed by atoms with E-state index >= 15 is 0 Å². The molecule has 1 aromatic carbocycles. The number of hydrogen-bond donors (Lipinski definition) is 1. The third-order valence-corrected chi connectivity index (χ3v) is 5.89. The van der Waals surface area contributed by atoms with Gasteiger partial charge in [0, 0.05) is 12.0 Å². The number of nitrogens with zero attached hydrogens (tertiary/aromatic N) is 2. The quantitative estimate of drug-likeness (QED) is 0.266. The summed E-state index contributed by atoms with van der Waals surface area (Å²) in [5.41, 5.74) is 2.88. The highest BCUT2D eigenvalue weighted by Gasteiger charge is 2.13. The van der Waals surface area contributed by atoms with Gasteiger partial charge in [-0.05, 0) is 25.8 Å². The van der Waals surface area contributed by atoms with Crippen molar-refractivity contribution in [2.75, 3.05) is 11.1 Å². The van der Waals surface area contributed by atoms with Gasteiger partial charge >= 0.3 is 0 Å². The van der Waals surface area contributed by atoms with E-state index in [1.807, 2.05) is 32.0 Å². The van der Waals surface area contributed by atoms with Gasteiger partial charge in [0.25, 0.3) is 0 Å². The van der Waals surface area contributed by atoms with Gasteiger partial charge in [-0.25, -0.2) is 0 Å². The van der Waals surface area contributed by atoms with Gasteiger partial charge in [-0.3, -0.25) is 9.59 Å². The molecule has 0 unspecified atom stereocenters. The van der Waals surface area contributed by atoms with Gasteiger partial charge in [-0.1, -0.05) is 73.0 Å². The summed E-state index contributed by atoms with van der Waals surface area (Å²) in [7, 11) is 0. The topological polar surface area (TPSA) is 72.0 Å². The second-order valence-electron chi connectivity index (χ2n) is 6.26. The number of unbranched alkanes of at least 4 members (excludes halogenated alkanes) is 3. The van der Waals surface area contributed by atoms with E-state index in [-0.39, 0.29) is 11.7 Å². The lowest BCUT2D eigenvalue weighted by Crippen LogP contribution is -2.10. The van der Waals surface area contributed by atoms with Gasteiger partial charge in [0.2, 0.25) is 11.0 Å². The van der Waals surface area contributed by atoms with Crippen molar-refractivity contribution in [2.24, 2.45) is 0 Å². The number of carbonyl (C=O) groups excluding carboxylic acids is 2. The third kappa shape index (κ3) is 6.53. The maximum Gasteiger partial charge on any atom is 0.226 e. The Kier molecular flexibility index (Phi) is 8.25. The van der Waals surface area contributed by atoms with Gasteiger partial charge in [-0.15, -0.1) is 10.2 Å². The Morgan fingerprint density at radius 3 is 2.69 bits per heavy atom. The van der Waals surface area contributed by atoms with Crippen LogP contribution >= 0.6 is 23.1 Å². The lowest BCUT2D eigenvalue weighted by atomic mass is 10.0. The Bertz CT molecular complexity index is 759. The highest BCUT2D eigenvalue weighted by atomic mass is 32.2. The fourth-order valence-corrected chi connectivity index (χ4v) is 4.20. The molecule has 5 nitrogen and oxygen atoms in total. The summed E-state index contributed by atoms with van der Waals surface area (Å²) in [5, 5.41) is 11.3. The standard InChI is InChI=1S/C19H25N3O2S2/c1-4-5-6-7-8-17(24)20-18-21-22-19(26-18)25-12-16(23)15-10-9-13(2)11-14(15)3/h9-11H,4-8,12H2,1-3H3,(H,20,21,24). The minimum absolute atomic E-state index is 0.0276. The average Bonchev–Trinajstić information content (AvgIpc) is 3.04. The summed E-state index contributed by atoms with van der Waals surface area (Å²) >= 11 is 2.66. The molecule has 140 valence electrons. The highest BCUT2D eigenvalue weighted by molar-refractivity contribution is 8.01. The second kappa shape index (κ2) is 10.4. The molecule has 0 saturated heterocycles. The third-order valence-electron chi connectivity index (χ3n) is 3.92. The molecular formula is C19H25N3O2S2. The summed E-state index contributed by atoms with van der Waals surface area (Å²) < 4.78 is 0.685. The number of rotatable bonds is 10. The molecule has 2 aromatic rings. The minimum atomic E-state index is -0.0276. The van der Waals surface area contributed by atoms with Gasteiger partial charge in [-0.2, -0.15) is 0 Å². The van der Waals surface area contributed by atoms with Crippen molar-refractivity contribution in [3.8, 4) is 0 Å². The van der Waals surface area contributed by atoms with E-state index in [0.717, 1.165) is 42.4 Å². The molecule has 1 aromatic heterocycles. The number of benzene rings is 1. The Balaban J connectivity index is 1.80. The molecule has 7 heteroatoms. The fourth-order valence-electron chi connectivity index (χ4n) is 2.54. The molecule has 0 aliphatic rings. The number of aromatic nitrogens is 2. The monoisotopic (exact) mass is 391 g/mol. The first-order valence-electron chi connectivity index (χ1n) is 8.86. The van der Waals surface area contributed by atoms with Crippen LogP contribution in [-0.4, -0.2) is 27.6 Å². The molecule has 0 aliphatic heterocycles. The summed E-state index contributed by atoms with van der Waals surface area (Å²) in [6, 6.07) is 5.83. The van der Waals surface area contributed by atoms with Crippen LogP contribution in [0.1, 0.15) is 60.5 Å². The Morgan fingerprint density at radius 1 is 1.15 bits per heavy atom. The number of aryl methyl sites for hydroxylation is 2. The number of thioether (sulfide) groups is 1. The molecular weight excluding hydrogens is 366 g/mol. The van der Waals surface area contributed by atoms with E-state index < -0.39 is 0 Å². The zero-order valence-corrected chi connectivity index (χ0v) is 17.1. The maximum absolute atomic E-state index is 12.4. The molecule has 26 heavy (non-hydrogen) atoms. The lowest BCUT2D eigenvalue weighted by Gasteiger charge is -2.04. The van der Waals surface area contributed by atoms with Crippen LogP contribution in [0.3, 0.4) is 0 Å². The average molecular weight is 392 g/mol. The normalized spacial score (nSPS) is 10.7. The van der Waals surface area contributed by atoms with E-state index in [4.69, 9.17) is 0 Å². The van der Waals surface area contributed by atoms with Crippen LogP contribution in [0.15, 0.2) is 22.5 Å². The first-order chi connectivity index (χ1) is 12.5. The number of carbonyl (C=O) groups is 2. The molecule has 2 rings (SSSR count). The summed E-state index contributed by atoms with van der Waals surface area (Å²) in [6.45, 7) is 6.10. The van der Waals surface area contributed by atoms with Gasteiger partial charge in [0.15, 0.2) is 10.1 Å².